The summed E-state index contributed by atoms with van der Waals surface area (Å²) in [5, 5.41) is 0. The topological polar surface area (TPSA) is 19.7 Å². The van der Waals surface area contributed by atoms with Gasteiger partial charge < -0.3 is 0 Å². The van der Waals surface area contributed by atoms with Crippen molar-refractivity contribution in [2.45, 2.75) is 58.4 Å². The fourth-order valence-electron chi connectivity index (χ4n) is 3.51. The van der Waals surface area contributed by atoms with Gasteiger partial charge in [-0.05, 0) is 24.5 Å². The van der Waals surface area contributed by atoms with Gasteiger partial charge in [-0.25, -0.2) is 9.55 Å². The molecule has 0 unspecified atom stereocenters. The molecule has 1 aromatic heterocycles. The largest absolute Gasteiger partial charge is 0.254 e. The Bertz CT molecular complexity index is 535. The summed E-state index contributed by atoms with van der Waals surface area (Å²) in [6.45, 7) is 3.42. The van der Waals surface area contributed by atoms with Crippen LogP contribution in [0.1, 0.15) is 51.3 Å². The number of imidazole rings is 1. The van der Waals surface area contributed by atoms with Crippen LogP contribution in [0.2, 0.25) is 0 Å². The highest BCUT2D eigenvalue weighted by atomic mass is 15.1. The summed E-state index contributed by atoms with van der Waals surface area (Å²) < 4.78 is 2.50. The van der Waals surface area contributed by atoms with Crippen molar-refractivity contribution < 1.29 is 4.57 Å². The van der Waals surface area contributed by atoms with Crippen LogP contribution < -0.4 is 4.57 Å². The predicted molar refractivity (Wildman–Crippen MR) is 79.1 cm³/mol. The van der Waals surface area contributed by atoms with Crippen molar-refractivity contribution in [1.29, 1.82) is 0 Å². The second-order valence-corrected chi connectivity index (χ2v) is 5.89. The Balaban J connectivity index is 1.78. The number of benzene rings is 1. The van der Waals surface area contributed by atoms with E-state index in [0.717, 1.165) is 12.3 Å². The van der Waals surface area contributed by atoms with Crippen LogP contribution in [-0.2, 0) is 13.0 Å². The fraction of sp³-hybridized carbons (Fsp3) is 0.588. The third kappa shape index (κ3) is 2.68. The first kappa shape index (κ1) is 12.7. The van der Waals surface area contributed by atoms with E-state index in [9.17, 15) is 0 Å². The molecule has 0 radical (unpaired) electrons. The molecule has 0 saturated heterocycles. The maximum atomic E-state index is 3.56. The number of aromatic amines is 1. The molecule has 2 nitrogen and oxygen atoms in total. The van der Waals surface area contributed by atoms with E-state index in [1.54, 1.807) is 0 Å². The second kappa shape index (κ2) is 5.77. The predicted octanol–water partition coefficient (Wildman–Crippen LogP) is 3.99. The van der Waals surface area contributed by atoms with Gasteiger partial charge in [-0.15, -0.1) is 0 Å². The smallest absolute Gasteiger partial charge is 0.241 e. The normalized spacial score (nSPS) is 17.1. The summed E-state index contributed by atoms with van der Waals surface area (Å²) in [4.78, 5) is 3.56. The molecule has 1 aliphatic rings. The molecular formula is C17H25N2+. The molecule has 1 heterocycles. The van der Waals surface area contributed by atoms with Gasteiger partial charge in [0.05, 0.1) is 6.54 Å². The zero-order valence-electron chi connectivity index (χ0n) is 12.0. The van der Waals surface area contributed by atoms with Crippen LogP contribution in [0.15, 0.2) is 24.3 Å². The van der Waals surface area contributed by atoms with E-state index in [-0.39, 0.29) is 0 Å². The molecule has 1 N–H and O–H groups in total. The minimum atomic E-state index is 0.958. The first-order valence-corrected chi connectivity index (χ1v) is 7.88. The zero-order chi connectivity index (χ0) is 13.1. The highest BCUT2D eigenvalue weighted by Gasteiger charge is 2.19. The molecule has 0 aliphatic heterocycles. The Morgan fingerprint density at radius 3 is 2.74 bits per heavy atom. The lowest BCUT2D eigenvalue weighted by molar-refractivity contribution is -0.680. The van der Waals surface area contributed by atoms with Gasteiger partial charge in [0.2, 0.25) is 0 Å². The van der Waals surface area contributed by atoms with Crippen LogP contribution in [0.5, 0.6) is 0 Å². The monoisotopic (exact) mass is 257 g/mol. The van der Waals surface area contributed by atoms with Crippen LogP contribution in [0.4, 0.5) is 0 Å². The minimum absolute atomic E-state index is 0.958. The molecule has 19 heavy (non-hydrogen) atoms. The SMILES string of the molecule is CCc1[nH]c2ccccc2[n+]1CCC1CCCCC1. The summed E-state index contributed by atoms with van der Waals surface area (Å²) in [6, 6.07) is 8.69. The van der Waals surface area contributed by atoms with E-state index in [2.05, 4.69) is 40.7 Å². The first-order chi connectivity index (χ1) is 9.38. The summed E-state index contributed by atoms with van der Waals surface area (Å²) >= 11 is 0. The van der Waals surface area contributed by atoms with Gasteiger partial charge >= 0.3 is 0 Å². The number of nitrogens with zero attached hydrogens (tertiary/aromatic N) is 1. The van der Waals surface area contributed by atoms with Crippen LogP contribution >= 0.6 is 0 Å². The number of aromatic nitrogens is 2. The Morgan fingerprint density at radius 1 is 1.16 bits per heavy atom. The number of hydrogen-bond donors (Lipinski definition) is 1. The summed E-state index contributed by atoms with van der Waals surface area (Å²) in [6.07, 6.45) is 9.68. The third-order valence-electron chi connectivity index (χ3n) is 4.62. The molecule has 0 spiro atoms. The van der Waals surface area contributed by atoms with E-state index in [4.69, 9.17) is 0 Å². The fourth-order valence-corrected chi connectivity index (χ4v) is 3.51. The maximum Gasteiger partial charge on any atom is 0.254 e. The molecule has 1 aliphatic carbocycles. The van der Waals surface area contributed by atoms with E-state index >= 15 is 0 Å². The van der Waals surface area contributed by atoms with Crippen molar-refractivity contribution in [2.75, 3.05) is 0 Å². The average molecular weight is 257 g/mol. The molecule has 0 bridgehead atoms. The van der Waals surface area contributed by atoms with Gasteiger partial charge in [-0.1, -0.05) is 51.2 Å². The van der Waals surface area contributed by atoms with Gasteiger partial charge in [0.15, 0.2) is 11.0 Å². The molecule has 0 amide bonds. The standard InChI is InChI=1S/C17H24N2/c1-2-17-18-15-10-6-7-11-16(15)19(17)13-12-14-8-4-3-5-9-14/h6-7,10-11,14H,2-5,8-9,12-13H2,1H3/p+1. The number of hydrogen-bond acceptors (Lipinski definition) is 0. The summed E-state index contributed by atoms with van der Waals surface area (Å²) in [7, 11) is 0. The average Bonchev–Trinajstić information content (AvgIpc) is 2.84. The van der Waals surface area contributed by atoms with Gasteiger partial charge in [-0.3, -0.25) is 0 Å². The molecule has 2 aromatic rings. The number of rotatable bonds is 4. The molecule has 3 rings (SSSR count). The van der Waals surface area contributed by atoms with Gasteiger partial charge in [0.25, 0.3) is 5.82 Å². The van der Waals surface area contributed by atoms with Crippen molar-refractivity contribution in [2.24, 2.45) is 5.92 Å². The molecular weight excluding hydrogens is 232 g/mol. The van der Waals surface area contributed by atoms with Crippen molar-refractivity contribution in [1.82, 2.24) is 4.98 Å². The minimum Gasteiger partial charge on any atom is -0.241 e. The van der Waals surface area contributed by atoms with E-state index in [0.29, 0.717) is 0 Å². The number of aryl methyl sites for hydroxylation is 2. The second-order valence-electron chi connectivity index (χ2n) is 5.89. The molecule has 2 heteroatoms. The quantitative estimate of drug-likeness (QED) is 0.799. The number of H-pyrrole nitrogens is 1. The van der Waals surface area contributed by atoms with Crippen molar-refractivity contribution >= 4 is 11.0 Å². The number of nitrogens with one attached hydrogen (secondary N) is 1. The van der Waals surface area contributed by atoms with E-state index < -0.39 is 0 Å². The molecule has 1 fully saturated rings. The van der Waals surface area contributed by atoms with Gasteiger partial charge in [0.1, 0.15) is 0 Å². The lowest BCUT2D eigenvalue weighted by Crippen LogP contribution is -2.38. The Morgan fingerprint density at radius 2 is 1.95 bits per heavy atom. The third-order valence-corrected chi connectivity index (χ3v) is 4.62. The number of para-hydroxylation sites is 2. The molecule has 1 saturated carbocycles. The van der Waals surface area contributed by atoms with E-state index in [1.165, 1.54) is 61.9 Å². The van der Waals surface area contributed by atoms with Gasteiger partial charge in [-0.2, -0.15) is 0 Å². The van der Waals surface area contributed by atoms with Crippen LogP contribution in [0.25, 0.3) is 11.0 Å². The zero-order valence-corrected chi connectivity index (χ0v) is 12.0. The Kier molecular flexibility index (Phi) is 3.86. The van der Waals surface area contributed by atoms with Gasteiger partial charge in [0, 0.05) is 6.42 Å². The van der Waals surface area contributed by atoms with Crippen LogP contribution in [0, 0.1) is 5.92 Å². The molecule has 102 valence electrons. The maximum absolute atomic E-state index is 3.56. The molecule has 1 aromatic carbocycles. The van der Waals surface area contributed by atoms with Crippen LogP contribution in [-0.4, -0.2) is 4.98 Å². The van der Waals surface area contributed by atoms with Crippen LogP contribution in [0.3, 0.4) is 0 Å². The Hall–Kier alpha value is -1.31. The lowest BCUT2D eigenvalue weighted by atomic mass is 9.87. The van der Waals surface area contributed by atoms with Crippen molar-refractivity contribution in [3.05, 3.63) is 30.1 Å². The number of fused-ring (bicyclic) bond motifs is 1. The van der Waals surface area contributed by atoms with Crippen molar-refractivity contribution in [3.63, 3.8) is 0 Å². The van der Waals surface area contributed by atoms with Crippen molar-refractivity contribution in [3.8, 4) is 0 Å². The Labute approximate surface area is 115 Å². The summed E-state index contributed by atoms with van der Waals surface area (Å²) in [5.74, 6) is 2.33. The lowest BCUT2D eigenvalue weighted by Gasteiger charge is -2.20. The summed E-state index contributed by atoms with van der Waals surface area (Å²) in [5.41, 5.74) is 2.65. The highest BCUT2D eigenvalue weighted by Crippen LogP contribution is 2.26. The molecule has 0 atom stereocenters. The highest BCUT2D eigenvalue weighted by molar-refractivity contribution is 5.70. The first-order valence-electron chi connectivity index (χ1n) is 7.88. The van der Waals surface area contributed by atoms with E-state index in [1.807, 2.05) is 0 Å².